The van der Waals surface area contributed by atoms with Gasteiger partial charge in [-0.05, 0) is 12.1 Å². The van der Waals surface area contributed by atoms with Gasteiger partial charge in [-0.1, -0.05) is 18.2 Å². The van der Waals surface area contributed by atoms with Crippen LogP contribution in [-0.2, 0) is 6.54 Å². The van der Waals surface area contributed by atoms with E-state index in [4.69, 9.17) is 5.73 Å². The molecule has 1 amide bonds. The topological polar surface area (TPSA) is 89.9 Å². The Morgan fingerprint density at radius 2 is 1.87 bits per heavy atom. The summed E-state index contributed by atoms with van der Waals surface area (Å²) in [6.45, 7) is 0.441. The minimum absolute atomic E-state index is 0.147. The third-order valence-electron chi connectivity index (χ3n) is 3.34. The van der Waals surface area contributed by atoms with E-state index in [0.29, 0.717) is 12.1 Å². The minimum Gasteiger partial charge on any atom is -0.368 e. The van der Waals surface area contributed by atoms with Gasteiger partial charge < -0.3 is 10.6 Å². The molecule has 0 fully saturated rings. The maximum Gasteiger partial charge on any atom is 0.257 e. The summed E-state index contributed by atoms with van der Waals surface area (Å²) in [5.41, 5.74) is 7.73. The molecule has 0 aliphatic rings. The Bertz CT molecular complexity index is 797. The largest absolute Gasteiger partial charge is 0.368 e. The molecule has 23 heavy (non-hydrogen) atoms. The zero-order chi connectivity index (χ0) is 16.2. The number of amides is 1. The van der Waals surface area contributed by atoms with E-state index in [1.165, 1.54) is 12.4 Å². The van der Waals surface area contributed by atoms with Crippen LogP contribution in [0.5, 0.6) is 0 Å². The van der Waals surface area contributed by atoms with Gasteiger partial charge in [-0.25, -0.2) is 14.6 Å². The molecule has 0 saturated heterocycles. The molecule has 2 N–H and O–H groups in total. The Balaban J connectivity index is 1.71. The highest BCUT2D eigenvalue weighted by Gasteiger charge is 2.14. The summed E-state index contributed by atoms with van der Waals surface area (Å²) in [6.07, 6.45) is 6.50. The summed E-state index contributed by atoms with van der Waals surface area (Å²) < 4.78 is 1.78. The molecular formula is C16H16N6O. The predicted molar refractivity (Wildman–Crippen MR) is 85.8 cm³/mol. The molecular weight excluding hydrogens is 292 g/mol. The number of hydrogen-bond donors (Lipinski definition) is 1. The van der Waals surface area contributed by atoms with Crippen molar-refractivity contribution in [2.45, 2.75) is 6.54 Å². The minimum atomic E-state index is -0.169. The maximum absolute atomic E-state index is 12.3. The van der Waals surface area contributed by atoms with Crippen LogP contribution in [0.15, 0.2) is 55.1 Å². The van der Waals surface area contributed by atoms with Crippen molar-refractivity contribution in [3.8, 4) is 5.69 Å². The quantitative estimate of drug-likeness (QED) is 0.789. The Kier molecular flexibility index (Phi) is 4.01. The molecule has 1 aromatic carbocycles. The third kappa shape index (κ3) is 3.34. The van der Waals surface area contributed by atoms with Crippen molar-refractivity contribution < 1.29 is 4.79 Å². The molecule has 0 saturated carbocycles. The molecule has 3 aromatic rings. The fourth-order valence-electron chi connectivity index (χ4n) is 2.18. The van der Waals surface area contributed by atoms with Crippen LogP contribution in [0.2, 0.25) is 0 Å². The van der Waals surface area contributed by atoms with Crippen molar-refractivity contribution in [3.63, 3.8) is 0 Å². The predicted octanol–water partition coefficient (Wildman–Crippen LogP) is 1.52. The molecule has 0 unspecified atom stereocenters. The first kappa shape index (κ1) is 14.7. The van der Waals surface area contributed by atoms with Crippen LogP contribution < -0.4 is 5.73 Å². The van der Waals surface area contributed by atoms with Gasteiger partial charge in [0.2, 0.25) is 5.95 Å². The zero-order valence-electron chi connectivity index (χ0n) is 12.6. The first-order chi connectivity index (χ1) is 11.1. The summed E-state index contributed by atoms with van der Waals surface area (Å²) in [4.78, 5) is 21.6. The van der Waals surface area contributed by atoms with Crippen LogP contribution in [0, 0.1) is 0 Å². The highest BCUT2D eigenvalue weighted by molar-refractivity contribution is 5.93. The maximum atomic E-state index is 12.3. The Morgan fingerprint density at radius 1 is 1.17 bits per heavy atom. The third-order valence-corrected chi connectivity index (χ3v) is 3.34. The first-order valence-corrected chi connectivity index (χ1v) is 7.05. The molecule has 3 rings (SSSR count). The summed E-state index contributed by atoms with van der Waals surface area (Å²) >= 11 is 0. The second kappa shape index (κ2) is 6.27. The number of aromatic nitrogens is 4. The number of nitrogens with two attached hydrogens (primary N) is 1. The van der Waals surface area contributed by atoms with E-state index in [1.807, 2.05) is 36.5 Å². The molecule has 0 radical (unpaired) electrons. The number of nitrogens with zero attached hydrogens (tertiary/aromatic N) is 5. The number of para-hydroxylation sites is 1. The summed E-state index contributed by atoms with van der Waals surface area (Å²) in [5, 5.41) is 4.32. The van der Waals surface area contributed by atoms with Gasteiger partial charge in [0.15, 0.2) is 0 Å². The molecule has 7 heteroatoms. The molecule has 0 spiro atoms. The Morgan fingerprint density at radius 3 is 2.57 bits per heavy atom. The van der Waals surface area contributed by atoms with E-state index in [2.05, 4.69) is 15.1 Å². The zero-order valence-corrected chi connectivity index (χ0v) is 12.6. The normalized spacial score (nSPS) is 10.5. The molecule has 116 valence electrons. The number of carbonyl (C=O) groups excluding carboxylic acids is 1. The van der Waals surface area contributed by atoms with E-state index < -0.39 is 0 Å². The average molecular weight is 308 g/mol. The van der Waals surface area contributed by atoms with E-state index in [-0.39, 0.29) is 11.9 Å². The van der Waals surface area contributed by atoms with Crippen LogP contribution in [0.1, 0.15) is 15.9 Å². The number of anilines is 1. The van der Waals surface area contributed by atoms with Gasteiger partial charge in [0, 0.05) is 37.7 Å². The van der Waals surface area contributed by atoms with Crippen LogP contribution in [0.4, 0.5) is 5.95 Å². The van der Waals surface area contributed by atoms with Gasteiger partial charge in [-0.15, -0.1) is 0 Å². The van der Waals surface area contributed by atoms with Crippen molar-refractivity contribution in [1.82, 2.24) is 24.6 Å². The lowest BCUT2D eigenvalue weighted by Crippen LogP contribution is -2.26. The molecule has 2 aromatic heterocycles. The van der Waals surface area contributed by atoms with E-state index in [1.54, 1.807) is 22.8 Å². The Labute approximate surface area is 133 Å². The molecule has 0 bridgehead atoms. The van der Waals surface area contributed by atoms with Gasteiger partial charge >= 0.3 is 0 Å². The SMILES string of the molecule is CN(Cc1cnn(-c2ccccc2)c1)C(=O)c1cnc(N)nc1. The molecule has 7 nitrogen and oxygen atoms in total. The van der Waals surface area contributed by atoms with E-state index in [9.17, 15) is 4.79 Å². The average Bonchev–Trinajstić information content (AvgIpc) is 3.04. The Hall–Kier alpha value is -3.22. The van der Waals surface area contributed by atoms with Crippen LogP contribution in [0.25, 0.3) is 5.69 Å². The highest BCUT2D eigenvalue weighted by atomic mass is 16.2. The van der Waals surface area contributed by atoms with Gasteiger partial charge in [0.05, 0.1) is 17.4 Å². The second-order valence-corrected chi connectivity index (χ2v) is 5.12. The number of rotatable bonds is 4. The van der Waals surface area contributed by atoms with Crippen molar-refractivity contribution >= 4 is 11.9 Å². The number of carbonyl (C=O) groups is 1. The van der Waals surface area contributed by atoms with Gasteiger partial charge in [0.1, 0.15) is 0 Å². The number of hydrogen-bond acceptors (Lipinski definition) is 5. The monoisotopic (exact) mass is 308 g/mol. The summed E-state index contributed by atoms with van der Waals surface area (Å²) in [6, 6.07) is 9.80. The lowest BCUT2D eigenvalue weighted by molar-refractivity contribution is 0.0784. The molecule has 2 heterocycles. The number of benzene rings is 1. The highest BCUT2D eigenvalue weighted by Crippen LogP contribution is 2.10. The molecule has 0 aliphatic heterocycles. The fourth-order valence-corrected chi connectivity index (χ4v) is 2.18. The van der Waals surface area contributed by atoms with Gasteiger partial charge in [-0.3, -0.25) is 4.79 Å². The summed E-state index contributed by atoms with van der Waals surface area (Å²) in [5.74, 6) is -0.0224. The standard InChI is InChI=1S/C16H16N6O/c1-21(15(23)13-8-18-16(17)19-9-13)10-12-7-20-22(11-12)14-5-3-2-4-6-14/h2-9,11H,10H2,1H3,(H2,17,18,19). The lowest BCUT2D eigenvalue weighted by Gasteiger charge is -2.15. The van der Waals surface area contributed by atoms with Crippen LogP contribution in [0.3, 0.4) is 0 Å². The lowest BCUT2D eigenvalue weighted by atomic mass is 10.2. The number of nitrogen functional groups attached to an aromatic ring is 1. The first-order valence-electron chi connectivity index (χ1n) is 7.05. The fraction of sp³-hybridized carbons (Fsp3) is 0.125. The van der Waals surface area contributed by atoms with E-state index >= 15 is 0 Å². The molecule has 0 atom stereocenters. The van der Waals surface area contributed by atoms with Crippen LogP contribution >= 0.6 is 0 Å². The van der Waals surface area contributed by atoms with E-state index in [0.717, 1.165) is 11.3 Å². The smallest absolute Gasteiger partial charge is 0.257 e. The van der Waals surface area contributed by atoms with Crippen molar-refractivity contribution in [1.29, 1.82) is 0 Å². The summed E-state index contributed by atoms with van der Waals surface area (Å²) in [7, 11) is 1.72. The van der Waals surface area contributed by atoms with Gasteiger partial charge in [0.25, 0.3) is 5.91 Å². The van der Waals surface area contributed by atoms with Crippen molar-refractivity contribution in [2.75, 3.05) is 12.8 Å². The van der Waals surface area contributed by atoms with Crippen LogP contribution in [-0.4, -0.2) is 37.6 Å². The van der Waals surface area contributed by atoms with Gasteiger partial charge in [-0.2, -0.15) is 5.10 Å². The van der Waals surface area contributed by atoms with Crippen molar-refractivity contribution in [3.05, 3.63) is 66.2 Å². The molecule has 0 aliphatic carbocycles. The van der Waals surface area contributed by atoms with Crippen molar-refractivity contribution in [2.24, 2.45) is 0 Å². The second-order valence-electron chi connectivity index (χ2n) is 5.12.